The molecule has 21 heavy (non-hydrogen) atoms. The van der Waals surface area contributed by atoms with Gasteiger partial charge >= 0.3 is 6.09 Å². The van der Waals surface area contributed by atoms with Crippen molar-refractivity contribution < 1.29 is 14.3 Å². The normalized spacial score (nSPS) is 12.4. The minimum Gasteiger partial charge on any atom is -0.453 e. The molecule has 0 aromatic heterocycles. The predicted molar refractivity (Wildman–Crippen MR) is 82.1 cm³/mol. The van der Waals surface area contributed by atoms with Gasteiger partial charge in [0.05, 0.1) is 7.11 Å². The highest BCUT2D eigenvalue weighted by Crippen LogP contribution is 2.28. The molecular formula is C16H24N2O3. The van der Waals surface area contributed by atoms with Crippen LogP contribution in [0.3, 0.4) is 0 Å². The van der Waals surface area contributed by atoms with Gasteiger partial charge in [-0.05, 0) is 12.0 Å². The topological polar surface area (TPSA) is 67.4 Å². The van der Waals surface area contributed by atoms with E-state index in [1.54, 1.807) is 0 Å². The van der Waals surface area contributed by atoms with Crippen molar-refractivity contribution in [2.45, 2.75) is 38.6 Å². The summed E-state index contributed by atoms with van der Waals surface area (Å²) in [6.45, 7) is 6.15. The SMILES string of the molecule is CC[C@H](NC(=O)CNC(=O)OC)C(C)(C)c1ccccc1. The van der Waals surface area contributed by atoms with Gasteiger partial charge in [0, 0.05) is 11.5 Å². The zero-order valence-corrected chi connectivity index (χ0v) is 13.1. The molecule has 116 valence electrons. The van der Waals surface area contributed by atoms with Crippen molar-refractivity contribution in [3.8, 4) is 0 Å². The quantitative estimate of drug-likeness (QED) is 0.844. The Balaban J connectivity index is 2.70. The Morgan fingerprint density at radius 3 is 2.38 bits per heavy atom. The van der Waals surface area contributed by atoms with Crippen LogP contribution in [-0.4, -0.2) is 31.7 Å². The monoisotopic (exact) mass is 292 g/mol. The molecule has 0 saturated carbocycles. The second kappa shape index (κ2) is 7.67. The lowest BCUT2D eigenvalue weighted by atomic mass is 9.76. The van der Waals surface area contributed by atoms with Crippen LogP contribution in [0.1, 0.15) is 32.8 Å². The van der Waals surface area contributed by atoms with Crippen LogP contribution in [0, 0.1) is 0 Å². The molecule has 1 rings (SSSR count). The van der Waals surface area contributed by atoms with Gasteiger partial charge in [0.2, 0.25) is 5.91 Å². The highest BCUT2D eigenvalue weighted by atomic mass is 16.5. The number of methoxy groups -OCH3 is 1. The van der Waals surface area contributed by atoms with Crippen LogP contribution in [0.15, 0.2) is 30.3 Å². The Bertz CT molecular complexity index is 472. The molecule has 0 saturated heterocycles. The number of ether oxygens (including phenoxy) is 1. The van der Waals surface area contributed by atoms with E-state index >= 15 is 0 Å². The van der Waals surface area contributed by atoms with Crippen molar-refractivity contribution in [3.63, 3.8) is 0 Å². The van der Waals surface area contributed by atoms with Gasteiger partial charge in [-0.25, -0.2) is 4.79 Å². The first-order valence-corrected chi connectivity index (χ1v) is 7.08. The zero-order chi connectivity index (χ0) is 15.9. The van der Waals surface area contributed by atoms with Crippen molar-refractivity contribution in [1.82, 2.24) is 10.6 Å². The lowest BCUT2D eigenvalue weighted by Crippen LogP contribution is -2.49. The van der Waals surface area contributed by atoms with E-state index in [1.165, 1.54) is 7.11 Å². The van der Waals surface area contributed by atoms with Crippen molar-refractivity contribution in [1.29, 1.82) is 0 Å². The highest BCUT2D eigenvalue weighted by molar-refractivity contribution is 5.82. The maximum absolute atomic E-state index is 11.9. The van der Waals surface area contributed by atoms with Crippen LogP contribution in [-0.2, 0) is 14.9 Å². The molecule has 0 heterocycles. The molecule has 5 heteroatoms. The minimum absolute atomic E-state index is 0.0214. The number of rotatable bonds is 6. The van der Waals surface area contributed by atoms with Crippen LogP contribution < -0.4 is 10.6 Å². The summed E-state index contributed by atoms with van der Waals surface area (Å²) in [5.74, 6) is -0.226. The van der Waals surface area contributed by atoms with Crippen molar-refractivity contribution in [2.75, 3.05) is 13.7 Å². The van der Waals surface area contributed by atoms with Gasteiger partial charge in [-0.2, -0.15) is 0 Å². The van der Waals surface area contributed by atoms with Crippen LogP contribution in [0.5, 0.6) is 0 Å². The van der Waals surface area contributed by atoms with Crippen molar-refractivity contribution in [2.24, 2.45) is 0 Å². The number of benzene rings is 1. The van der Waals surface area contributed by atoms with E-state index in [4.69, 9.17) is 0 Å². The second-order valence-corrected chi connectivity index (χ2v) is 5.46. The van der Waals surface area contributed by atoms with E-state index < -0.39 is 6.09 Å². The second-order valence-electron chi connectivity index (χ2n) is 5.46. The maximum atomic E-state index is 11.9. The molecule has 1 aromatic carbocycles. The first-order chi connectivity index (χ1) is 9.91. The van der Waals surface area contributed by atoms with E-state index in [0.717, 1.165) is 12.0 Å². The number of carbonyl (C=O) groups excluding carboxylic acids is 2. The molecule has 0 aliphatic heterocycles. The number of hydrogen-bond donors (Lipinski definition) is 2. The molecule has 2 N–H and O–H groups in total. The largest absolute Gasteiger partial charge is 0.453 e. The molecule has 0 aliphatic rings. The number of hydrogen-bond acceptors (Lipinski definition) is 3. The summed E-state index contributed by atoms with van der Waals surface area (Å²) in [6, 6.07) is 10.0. The molecule has 0 spiro atoms. The molecular weight excluding hydrogens is 268 g/mol. The van der Waals surface area contributed by atoms with E-state index in [1.807, 2.05) is 25.1 Å². The summed E-state index contributed by atoms with van der Waals surface area (Å²) in [5, 5.41) is 5.36. The van der Waals surface area contributed by atoms with Gasteiger partial charge in [-0.15, -0.1) is 0 Å². The summed E-state index contributed by atoms with van der Waals surface area (Å²) in [7, 11) is 1.26. The third kappa shape index (κ3) is 4.77. The van der Waals surface area contributed by atoms with Crippen LogP contribution in [0.4, 0.5) is 4.79 Å². The number of nitrogens with one attached hydrogen (secondary N) is 2. The minimum atomic E-state index is -0.611. The fourth-order valence-electron chi connectivity index (χ4n) is 2.33. The molecule has 2 amide bonds. The van der Waals surface area contributed by atoms with Crippen molar-refractivity contribution in [3.05, 3.63) is 35.9 Å². The van der Waals surface area contributed by atoms with Crippen molar-refractivity contribution >= 4 is 12.0 Å². The summed E-state index contributed by atoms with van der Waals surface area (Å²) >= 11 is 0. The van der Waals surface area contributed by atoms with Crippen LogP contribution in [0.2, 0.25) is 0 Å². The molecule has 1 aromatic rings. The Morgan fingerprint density at radius 1 is 1.24 bits per heavy atom. The third-order valence-corrected chi connectivity index (χ3v) is 3.71. The summed E-state index contributed by atoms with van der Waals surface area (Å²) in [4.78, 5) is 22.9. The van der Waals surface area contributed by atoms with Gasteiger partial charge in [0.1, 0.15) is 6.54 Å². The van der Waals surface area contributed by atoms with Gasteiger partial charge in [0.25, 0.3) is 0 Å². The Kier molecular flexibility index (Phi) is 6.21. The van der Waals surface area contributed by atoms with E-state index in [2.05, 4.69) is 41.4 Å². The summed E-state index contributed by atoms with van der Waals surface area (Å²) < 4.78 is 4.44. The summed E-state index contributed by atoms with van der Waals surface area (Å²) in [5.41, 5.74) is 0.967. The molecule has 1 atom stereocenters. The standard InChI is InChI=1S/C16H24N2O3/c1-5-13(18-14(19)11-17-15(20)21-4)16(2,3)12-9-7-6-8-10-12/h6-10,13H,5,11H2,1-4H3,(H,17,20)(H,18,19)/t13-/m0/s1. The van der Waals surface area contributed by atoms with Crippen LogP contribution in [0.25, 0.3) is 0 Å². The number of amides is 2. The average Bonchev–Trinajstić information content (AvgIpc) is 2.50. The Hall–Kier alpha value is -2.04. The zero-order valence-electron chi connectivity index (χ0n) is 13.1. The molecule has 0 fully saturated rings. The van der Waals surface area contributed by atoms with E-state index in [9.17, 15) is 9.59 Å². The fourth-order valence-corrected chi connectivity index (χ4v) is 2.33. The third-order valence-electron chi connectivity index (χ3n) is 3.71. The lowest BCUT2D eigenvalue weighted by Gasteiger charge is -2.35. The number of alkyl carbamates (subject to hydrolysis) is 1. The van der Waals surface area contributed by atoms with Gasteiger partial charge in [-0.3, -0.25) is 4.79 Å². The number of carbonyl (C=O) groups is 2. The van der Waals surface area contributed by atoms with Gasteiger partial charge in [-0.1, -0.05) is 51.1 Å². The smallest absolute Gasteiger partial charge is 0.407 e. The molecule has 5 nitrogen and oxygen atoms in total. The Morgan fingerprint density at radius 2 is 1.86 bits per heavy atom. The van der Waals surface area contributed by atoms with Gasteiger partial charge < -0.3 is 15.4 Å². The maximum Gasteiger partial charge on any atom is 0.407 e. The molecule has 0 aliphatic carbocycles. The first kappa shape index (κ1) is 17.0. The van der Waals surface area contributed by atoms with Crippen LogP contribution >= 0.6 is 0 Å². The Labute approximate surface area is 126 Å². The molecule has 0 unspecified atom stereocenters. The van der Waals surface area contributed by atoms with Gasteiger partial charge in [0.15, 0.2) is 0 Å². The summed E-state index contributed by atoms with van der Waals surface area (Å²) in [6.07, 6.45) is 0.187. The predicted octanol–water partition coefficient (Wildman–Crippen LogP) is 2.21. The highest BCUT2D eigenvalue weighted by Gasteiger charge is 2.31. The average molecular weight is 292 g/mol. The lowest BCUT2D eigenvalue weighted by molar-refractivity contribution is -0.121. The van der Waals surface area contributed by atoms with E-state index in [-0.39, 0.29) is 23.9 Å². The first-order valence-electron chi connectivity index (χ1n) is 7.08. The molecule has 0 bridgehead atoms. The molecule has 0 radical (unpaired) electrons. The fraction of sp³-hybridized carbons (Fsp3) is 0.500. The van der Waals surface area contributed by atoms with E-state index in [0.29, 0.717) is 0 Å².